The van der Waals surface area contributed by atoms with E-state index < -0.39 is 22.5 Å². The Bertz CT molecular complexity index is 1110. The Labute approximate surface area is 180 Å². The number of nitrogens with zero attached hydrogens (tertiary/aromatic N) is 1. The van der Waals surface area contributed by atoms with Crippen molar-refractivity contribution >= 4 is 33.2 Å². The number of carbonyl (C=O) groups excluding carboxylic acids is 1. The molecule has 156 valence electrons. The van der Waals surface area contributed by atoms with E-state index in [1.807, 2.05) is 0 Å². The van der Waals surface area contributed by atoms with Crippen LogP contribution in [0, 0.1) is 5.82 Å². The molecule has 0 unspecified atom stereocenters. The van der Waals surface area contributed by atoms with E-state index in [0.29, 0.717) is 6.42 Å². The number of para-hydroxylation sites is 1. The summed E-state index contributed by atoms with van der Waals surface area (Å²) in [4.78, 5) is 12.6. The molecule has 0 aliphatic rings. The van der Waals surface area contributed by atoms with Crippen molar-refractivity contribution in [2.45, 2.75) is 11.3 Å². The quantitative estimate of drug-likeness (QED) is 0.568. The summed E-state index contributed by atoms with van der Waals surface area (Å²) in [5.74, 6) is -0.805. The van der Waals surface area contributed by atoms with Gasteiger partial charge in [0.05, 0.1) is 15.6 Å². The lowest BCUT2D eigenvalue weighted by Gasteiger charge is -2.25. The fraction of sp³-hybridized carbons (Fsp3) is 0.136. The number of amides is 1. The zero-order valence-corrected chi connectivity index (χ0v) is 17.5. The molecule has 0 bridgehead atoms. The molecule has 0 aromatic heterocycles. The third-order valence-corrected chi connectivity index (χ3v) is 6.48. The van der Waals surface area contributed by atoms with Crippen molar-refractivity contribution in [2.24, 2.45) is 0 Å². The lowest BCUT2D eigenvalue weighted by atomic mass is 10.1. The molecule has 3 aromatic carbocycles. The van der Waals surface area contributed by atoms with Gasteiger partial charge in [0.15, 0.2) is 0 Å². The van der Waals surface area contributed by atoms with Gasteiger partial charge in [0.2, 0.25) is 5.91 Å². The minimum Gasteiger partial charge on any atom is -0.354 e. The van der Waals surface area contributed by atoms with Gasteiger partial charge in [0.1, 0.15) is 12.4 Å². The highest BCUT2D eigenvalue weighted by atomic mass is 35.5. The molecule has 0 radical (unpaired) electrons. The van der Waals surface area contributed by atoms with Crippen LogP contribution < -0.4 is 9.62 Å². The third kappa shape index (κ3) is 5.37. The molecular weight excluding hydrogens is 427 g/mol. The number of rotatable bonds is 8. The topological polar surface area (TPSA) is 66.5 Å². The first-order chi connectivity index (χ1) is 14.4. The van der Waals surface area contributed by atoms with E-state index >= 15 is 0 Å². The molecule has 1 N–H and O–H groups in total. The van der Waals surface area contributed by atoms with Gasteiger partial charge in [-0.3, -0.25) is 9.10 Å². The van der Waals surface area contributed by atoms with E-state index in [-0.39, 0.29) is 28.0 Å². The summed E-state index contributed by atoms with van der Waals surface area (Å²) < 4.78 is 40.4. The molecule has 0 spiro atoms. The van der Waals surface area contributed by atoms with Crippen LogP contribution in [0.3, 0.4) is 0 Å². The average Bonchev–Trinajstić information content (AvgIpc) is 2.75. The molecule has 0 saturated carbocycles. The van der Waals surface area contributed by atoms with Crippen molar-refractivity contribution in [1.29, 1.82) is 0 Å². The van der Waals surface area contributed by atoms with Crippen LogP contribution in [-0.4, -0.2) is 27.4 Å². The summed E-state index contributed by atoms with van der Waals surface area (Å²) in [5.41, 5.74) is 1.08. The second-order valence-corrected chi connectivity index (χ2v) is 8.77. The lowest BCUT2D eigenvalue weighted by molar-refractivity contribution is -0.119. The molecule has 5 nitrogen and oxygen atoms in total. The fourth-order valence-electron chi connectivity index (χ4n) is 2.86. The van der Waals surface area contributed by atoms with Crippen LogP contribution in [0.5, 0.6) is 0 Å². The molecule has 8 heteroatoms. The van der Waals surface area contributed by atoms with Gasteiger partial charge in [-0.25, -0.2) is 12.8 Å². The average molecular weight is 447 g/mol. The molecule has 3 rings (SSSR count). The Kier molecular flexibility index (Phi) is 7.07. The van der Waals surface area contributed by atoms with Gasteiger partial charge in [-0.1, -0.05) is 54.1 Å². The lowest BCUT2D eigenvalue weighted by Crippen LogP contribution is -2.41. The number of benzene rings is 3. The maximum absolute atomic E-state index is 13.2. The van der Waals surface area contributed by atoms with Crippen molar-refractivity contribution in [3.05, 3.63) is 95.3 Å². The van der Waals surface area contributed by atoms with E-state index in [9.17, 15) is 17.6 Å². The summed E-state index contributed by atoms with van der Waals surface area (Å²) in [5, 5.41) is 2.93. The predicted octanol–water partition coefficient (Wildman–Crippen LogP) is 4.03. The number of hydrogen-bond donors (Lipinski definition) is 1. The monoisotopic (exact) mass is 446 g/mol. The van der Waals surface area contributed by atoms with Gasteiger partial charge in [-0.05, 0) is 48.4 Å². The van der Waals surface area contributed by atoms with Crippen LogP contribution in [0.1, 0.15) is 5.56 Å². The van der Waals surface area contributed by atoms with E-state index in [1.54, 1.807) is 54.6 Å². The molecule has 0 aliphatic carbocycles. The van der Waals surface area contributed by atoms with Crippen LogP contribution in [0.4, 0.5) is 10.1 Å². The van der Waals surface area contributed by atoms with Crippen LogP contribution in [0.2, 0.25) is 5.02 Å². The van der Waals surface area contributed by atoms with E-state index in [2.05, 4.69) is 5.32 Å². The molecule has 0 saturated heterocycles. The van der Waals surface area contributed by atoms with Crippen molar-refractivity contribution in [1.82, 2.24) is 5.32 Å². The van der Waals surface area contributed by atoms with Gasteiger partial charge in [0.25, 0.3) is 10.0 Å². The number of nitrogens with one attached hydrogen (secondary N) is 1. The number of sulfonamides is 1. The SMILES string of the molecule is O=C(CN(c1ccccc1Cl)S(=O)(=O)c1ccccc1)NCCc1ccc(F)cc1. The Balaban J connectivity index is 1.76. The Morgan fingerprint density at radius 2 is 1.57 bits per heavy atom. The van der Waals surface area contributed by atoms with Crippen LogP contribution >= 0.6 is 11.6 Å². The zero-order valence-electron chi connectivity index (χ0n) is 16.0. The Morgan fingerprint density at radius 3 is 2.23 bits per heavy atom. The summed E-state index contributed by atoms with van der Waals surface area (Å²) >= 11 is 6.22. The minimum absolute atomic E-state index is 0.0593. The fourth-order valence-corrected chi connectivity index (χ4v) is 4.61. The zero-order chi connectivity index (χ0) is 21.6. The number of carbonyl (C=O) groups is 1. The van der Waals surface area contributed by atoms with Gasteiger partial charge in [0, 0.05) is 6.54 Å². The Morgan fingerprint density at radius 1 is 0.933 bits per heavy atom. The Hall–Kier alpha value is -2.90. The largest absolute Gasteiger partial charge is 0.354 e. The van der Waals surface area contributed by atoms with Crippen molar-refractivity contribution < 1.29 is 17.6 Å². The van der Waals surface area contributed by atoms with Gasteiger partial charge in [-0.15, -0.1) is 0 Å². The van der Waals surface area contributed by atoms with Gasteiger partial charge < -0.3 is 5.32 Å². The standard InChI is InChI=1S/C22H20ClFN2O3S/c23-20-8-4-5-9-21(20)26(30(28,29)19-6-2-1-3-7-19)16-22(27)25-15-14-17-10-12-18(24)13-11-17/h1-13H,14-16H2,(H,25,27). The number of hydrogen-bond acceptors (Lipinski definition) is 3. The third-order valence-electron chi connectivity index (χ3n) is 4.39. The van der Waals surface area contributed by atoms with Crippen molar-refractivity contribution in [3.8, 4) is 0 Å². The summed E-state index contributed by atoms with van der Waals surface area (Å²) in [6.07, 6.45) is 0.490. The smallest absolute Gasteiger partial charge is 0.264 e. The summed E-state index contributed by atoms with van der Waals surface area (Å²) in [6.45, 7) is -0.142. The molecule has 0 heterocycles. The maximum atomic E-state index is 13.2. The highest BCUT2D eigenvalue weighted by Crippen LogP contribution is 2.30. The minimum atomic E-state index is -4.01. The second kappa shape index (κ2) is 9.73. The van der Waals surface area contributed by atoms with Crippen LogP contribution in [-0.2, 0) is 21.2 Å². The second-order valence-electron chi connectivity index (χ2n) is 6.50. The normalized spacial score (nSPS) is 11.1. The number of halogens is 2. The van der Waals surface area contributed by atoms with E-state index in [4.69, 9.17) is 11.6 Å². The molecule has 0 atom stereocenters. The number of anilines is 1. The van der Waals surface area contributed by atoms with Gasteiger partial charge in [-0.2, -0.15) is 0 Å². The van der Waals surface area contributed by atoms with E-state index in [1.165, 1.54) is 24.3 Å². The summed E-state index contributed by atoms with van der Waals surface area (Å²) in [6, 6.07) is 20.3. The molecule has 1 amide bonds. The van der Waals surface area contributed by atoms with Crippen molar-refractivity contribution in [2.75, 3.05) is 17.4 Å². The highest BCUT2D eigenvalue weighted by molar-refractivity contribution is 7.92. The first-order valence-electron chi connectivity index (χ1n) is 9.21. The first-order valence-corrected chi connectivity index (χ1v) is 11.0. The van der Waals surface area contributed by atoms with Crippen LogP contribution in [0.15, 0.2) is 83.8 Å². The van der Waals surface area contributed by atoms with Crippen molar-refractivity contribution in [3.63, 3.8) is 0 Å². The van der Waals surface area contributed by atoms with E-state index in [0.717, 1.165) is 9.87 Å². The highest BCUT2D eigenvalue weighted by Gasteiger charge is 2.28. The molecule has 0 aliphatic heterocycles. The first kappa shape index (κ1) is 21.8. The molecule has 3 aromatic rings. The van der Waals surface area contributed by atoms with Gasteiger partial charge >= 0.3 is 0 Å². The molecule has 30 heavy (non-hydrogen) atoms. The molecule has 0 fully saturated rings. The predicted molar refractivity (Wildman–Crippen MR) is 116 cm³/mol. The van der Waals surface area contributed by atoms with Crippen LogP contribution in [0.25, 0.3) is 0 Å². The molecular formula is C22H20ClFN2O3S. The maximum Gasteiger partial charge on any atom is 0.264 e. The summed E-state index contributed by atoms with van der Waals surface area (Å²) in [7, 11) is -4.01.